The summed E-state index contributed by atoms with van der Waals surface area (Å²) in [7, 11) is 0. The van der Waals surface area contributed by atoms with Crippen LogP contribution in [0.5, 0.6) is 0 Å². The second-order valence-electron chi connectivity index (χ2n) is 5.85. The lowest BCUT2D eigenvalue weighted by atomic mass is 10.2. The van der Waals surface area contributed by atoms with Crippen LogP contribution in [0.25, 0.3) is 0 Å². The van der Waals surface area contributed by atoms with Gasteiger partial charge in [0.1, 0.15) is 4.87 Å². The summed E-state index contributed by atoms with van der Waals surface area (Å²) >= 11 is 1.96. The van der Waals surface area contributed by atoms with Gasteiger partial charge in [0.15, 0.2) is 0 Å². The molecule has 1 atom stereocenters. The van der Waals surface area contributed by atoms with Gasteiger partial charge in [-0.15, -0.1) is 11.8 Å². The minimum Gasteiger partial charge on any atom is -0.190 e. The van der Waals surface area contributed by atoms with Crippen LogP contribution in [0.1, 0.15) is 54.4 Å². The van der Waals surface area contributed by atoms with Crippen LogP contribution >= 0.6 is 11.8 Å². The summed E-state index contributed by atoms with van der Waals surface area (Å²) in [6.07, 6.45) is 2.63. The highest BCUT2D eigenvalue weighted by Crippen LogP contribution is 2.52. The number of nitrogens with zero attached hydrogens (tertiary/aromatic N) is 2. The summed E-state index contributed by atoms with van der Waals surface area (Å²) < 4.78 is 0.257. The molecule has 0 heterocycles. The Kier molecular flexibility index (Phi) is 3.85. The van der Waals surface area contributed by atoms with Crippen LogP contribution in [0.3, 0.4) is 0 Å². The van der Waals surface area contributed by atoms with Crippen molar-refractivity contribution in [1.82, 2.24) is 0 Å². The first kappa shape index (κ1) is 13.0. The third kappa shape index (κ3) is 4.54. The Morgan fingerprint density at radius 3 is 2.00 bits per heavy atom. The molecule has 0 aliphatic heterocycles. The van der Waals surface area contributed by atoms with E-state index in [0.29, 0.717) is 6.04 Å². The average molecular weight is 228 g/mol. The van der Waals surface area contributed by atoms with E-state index >= 15 is 0 Å². The van der Waals surface area contributed by atoms with E-state index < -0.39 is 0 Å². The van der Waals surface area contributed by atoms with E-state index in [1.165, 1.54) is 12.8 Å². The van der Waals surface area contributed by atoms with Crippen LogP contribution in [0, 0.1) is 5.92 Å². The average Bonchev–Trinajstić information content (AvgIpc) is 2.79. The van der Waals surface area contributed by atoms with Crippen molar-refractivity contribution in [2.24, 2.45) is 16.1 Å². The van der Waals surface area contributed by atoms with Gasteiger partial charge in [-0.3, -0.25) is 0 Å². The molecule has 1 unspecified atom stereocenters. The second-order valence-corrected chi connectivity index (χ2v) is 8.11. The first-order valence-corrected chi connectivity index (χ1v) is 6.67. The maximum atomic E-state index is 4.59. The molecule has 15 heavy (non-hydrogen) atoms. The Morgan fingerprint density at radius 2 is 1.67 bits per heavy atom. The van der Waals surface area contributed by atoms with Crippen molar-refractivity contribution in [3.05, 3.63) is 0 Å². The van der Waals surface area contributed by atoms with E-state index in [-0.39, 0.29) is 9.62 Å². The van der Waals surface area contributed by atoms with E-state index in [2.05, 4.69) is 51.8 Å². The fraction of sp³-hybridized carbons (Fsp3) is 1.00. The predicted octanol–water partition coefficient (Wildman–Crippen LogP) is 4.50. The highest BCUT2D eigenvalue weighted by molar-refractivity contribution is 8.01. The van der Waals surface area contributed by atoms with Crippen molar-refractivity contribution in [2.45, 2.75) is 70.0 Å². The Balaban J connectivity index is 2.70. The summed E-state index contributed by atoms with van der Waals surface area (Å²) in [4.78, 5) is 0.00250. The molecule has 1 fully saturated rings. The number of azo groups is 1. The van der Waals surface area contributed by atoms with Gasteiger partial charge in [0, 0.05) is 4.75 Å². The summed E-state index contributed by atoms with van der Waals surface area (Å²) in [5.74, 6) is 0.740. The van der Waals surface area contributed by atoms with Crippen molar-refractivity contribution in [3.63, 3.8) is 0 Å². The molecule has 3 heteroatoms. The van der Waals surface area contributed by atoms with E-state index in [0.717, 1.165) is 5.92 Å². The Bertz CT molecular complexity index is 238. The van der Waals surface area contributed by atoms with Gasteiger partial charge in [0.05, 0.1) is 6.04 Å². The standard InChI is InChI=1S/C12H24N2S/c1-9(2)13-14-12(6,10-7-8-10)15-11(3,4)5/h9-10H,7-8H2,1-6H3/b14-13+. The fourth-order valence-corrected chi connectivity index (χ4v) is 3.38. The first-order chi connectivity index (χ1) is 6.73. The van der Waals surface area contributed by atoms with Crippen molar-refractivity contribution in [1.29, 1.82) is 0 Å². The van der Waals surface area contributed by atoms with E-state index in [1.54, 1.807) is 0 Å². The minimum absolute atomic E-state index is 0.00250. The van der Waals surface area contributed by atoms with E-state index in [1.807, 2.05) is 11.8 Å². The van der Waals surface area contributed by atoms with Gasteiger partial charge >= 0.3 is 0 Å². The Labute approximate surface area is 98.3 Å². The molecule has 1 saturated carbocycles. The van der Waals surface area contributed by atoms with Gasteiger partial charge in [-0.25, -0.2) is 0 Å². The van der Waals surface area contributed by atoms with E-state index in [9.17, 15) is 0 Å². The third-order valence-electron chi connectivity index (χ3n) is 2.33. The van der Waals surface area contributed by atoms with Gasteiger partial charge in [-0.1, -0.05) is 20.8 Å². The topological polar surface area (TPSA) is 24.7 Å². The normalized spacial score (nSPS) is 22.3. The quantitative estimate of drug-likeness (QED) is 0.650. The Morgan fingerprint density at radius 1 is 1.13 bits per heavy atom. The smallest absolute Gasteiger partial charge is 0.127 e. The molecule has 88 valence electrons. The van der Waals surface area contributed by atoms with Crippen molar-refractivity contribution >= 4 is 11.8 Å². The minimum atomic E-state index is 0.00250. The fourth-order valence-electron chi connectivity index (χ4n) is 1.65. The van der Waals surface area contributed by atoms with Crippen LogP contribution < -0.4 is 0 Å². The number of rotatable bonds is 4. The van der Waals surface area contributed by atoms with Crippen molar-refractivity contribution in [2.75, 3.05) is 0 Å². The highest BCUT2D eigenvalue weighted by atomic mass is 32.2. The van der Waals surface area contributed by atoms with Gasteiger partial charge in [0.2, 0.25) is 0 Å². The highest BCUT2D eigenvalue weighted by Gasteiger charge is 2.45. The third-order valence-corrected chi connectivity index (χ3v) is 3.78. The van der Waals surface area contributed by atoms with Crippen LogP contribution in [0.2, 0.25) is 0 Å². The molecule has 2 nitrogen and oxygen atoms in total. The molecule has 0 spiro atoms. The molecule has 0 bridgehead atoms. The van der Waals surface area contributed by atoms with Crippen LogP contribution in [0.15, 0.2) is 10.2 Å². The molecular weight excluding hydrogens is 204 g/mol. The number of hydrogen-bond acceptors (Lipinski definition) is 3. The SMILES string of the molecule is CC(C)/N=N/C(C)(SC(C)(C)C)C1CC1. The summed E-state index contributed by atoms with van der Waals surface area (Å²) in [6, 6.07) is 0.309. The van der Waals surface area contributed by atoms with Crippen LogP contribution in [-0.2, 0) is 0 Å². The lowest BCUT2D eigenvalue weighted by Gasteiger charge is -2.31. The Hall–Kier alpha value is -0.0500. The maximum Gasteiger partial charge on any atom is 0.127 e. The lowest BCUT2D eigenvalue weighted by molar-refractivity contribution is 0.531. The second kappa shape index (κ2) is 4.44. The molecule has 0 aromatic rings. The summed E-state index contributed by atoms with van der Waals surface area (Å²) in [6.45, 7) is 13.2. The van der Waals surface area contributed by atoms with Crippen molar-refractivity contribution in [3.8, 4) is 0 Å². The largest absolute Gasteiger partial charge is 0.190 e. The molecule has 1 aliphatic carbocycles. The molecule has 0 aromatic carbocycles. The zero-order chi connectivity index (χ0) is 11.7. The zero-order valence-corrected chi connectivity index (χ0v) is 11.7. The zero-order valence-electron chi connectivity index (χ0n) is 10.9. The predicted molar refractivity (Wildman–Crippen MR) is 68.5 cm³/mol. The molecule has 1 aliphatic rings. The maximum absolute atomic E-state index is 4.59. The van der Waals surface area contributed by atoms with Crippen LogP contribution in [-0.4, -0.2) is 15.7 Å². The number of hydrogen-bond donors (Lipinski definition) is 0. The summed E-state index contributed by atoms with van der Waals surface area (Å²) in [5.41, 5.74) is 0. The van der Waals surface area contributed by atoms with Gasteiger partial charge < -0.3 is 0 Å². The molecule has 0 radical (unpaired) electrons. The summed E-state index contributed by atoms with van der Waals surface area (Å²) in [5, 5.41) is 8.94. The van der Waals surface area contributed by atoms with Crippen LogP contribution in [0.4, 0.5) is 0 Å². The van der Waals surface area contributed by atoms with Gasteiger partial charge in [0.25, 0.3) is 0 Å². The lowest BCUT2D eigenvalue weighted by Crippen LogP contribution is -2.27. The van der Waals surface area contributed by atoms with E-state index in [4.69, 9.17) is 0 Å². The monoisotopic (exact) mass is 228 g/mol. The molecular formula is C12H24N2S. The molecule has 0 aromatic heterocycles. The molecule has 0 N–H and O–H groups in total. The number of thioether (sulfide) groups is 1. The van der Waals surface area contributed by atoms with Gasteiger partial charge in [-0.2, -0.15) is 10.2 Å². The molecule has 0 saturated heterocycles. The van der Waals surface area contributed by atoms with Crippen molar-refractivity contribution < 1.29 is 0 Å². The first-order valence-electron chi connectivity index (χ1n) is 5.85. The van der Waals surface area contributed by atoms with Gasteiger partial charge in [-0.05, 0) is 39.5 Å². The molecule has 0 amide bonds. The molecule has 1 rings (SSSR count).